The van der Waals surface area contributed by atoms with Crippen LogP contribution in [0, 0.1) is 0 Å². The maximum Gasteiger partial charge on any atom is 0.281 e. The summed E-state index contributed by atoms with van der Waals surface area (Å²) in [4.78, 5) is -0.169. The number of halogens is 3. The summed E-state index contributed by atoms with van der Waals surface area (Å²) in [5, 5.41) is 0.0236. The summed E-state index contributed by atoms with van der Waals surface area (Å²) >= 11 is 15.3. The lowest BCUT2D eigenvalue weighted by atomic mass is 10.4. The Morgan fingerprint density at radius 1 is 0.958 bits per heavy atom. The van der Waals surface area contributed by atoms with Gasteiger partial charge in [-0.3, -0.25) is 0 Å². The van der Waals surface area contributed by atoms with Crippen LogP contribution >= 0.6 is 39.1 Å². The molecule has 1 heterocycles. The highest BCUT2D eigenvalue weighted by molar-refractivity contribution is 9.10. The van der Waals surface area contributed by atoms with Gasteiger partial charge in [-0.1, -0.05) is 39.1 Å². The molecule has 1 aromatic rings. The first-order chi connectivity index (χ1) is 11.0. The minimum Gasteiger partial charge on any atom is -0.207 e. The number of hydrogen-bond acceptors (Lipinski definition) is 4. The molecule has 24 heavy (non-hydrogen) atoms. The molecule has 7 nitrogen and oxygen atoms in total. The highest BCUT2D eigenvalue weighted by Gasteiger charge is 2.35. The highest BCUT2D eigenvalue weighted by Crippen LogP contribution is 2.35. The second-order valence-corrected chi connectivity index (χ2v) is 11.0. The van der Waals surface area contributed by atoms with Crippen LogP contribution in [0.25, 0.3) is 0 Å². The topological polar surface area (TPSA) is 78.0 Å². The summed E-state index contributed by atoms with van der Waals surface area (Å²) in [6.07, 6.45) is 0. The van der Waals surface area contributed by atoms with Crippen LogP contribution in [-0.4, -0.2) is 70.0 Å². The van der Waals surface area contributed by atoms with E-state index in [2.05, 4.69) is 15.9 Å². The Bertz CT molecular complexity index is 815. The van der Waals surface area contributed by atoms with Gasteiger partial charge in [-0.15, -0.1) is 0 Å². The SMILES string of the molecule is CN(C)S(=O)(=O)N1CCN(S(=O)(=O)c2c(Cl)cc(Br)cc2Cl)CC1. The van der Waals surface area contributed by atoms with Crippen LogP contribution in [0.1, 0.15) is 0 Å². The number of nitrogens with zero attached hydrogens (tertiary/aromatic N) is 3. The maximum absolute atomic E-state index is 12.8. The van der Waals surface area contributed by atoms with Gasteiger partial charge in [-0.25, -0.2) is 8.42 Å². The average Bonchev–Trinajstić information content (AvgIpc) is 2.45. The van der Waals surface area contributed by atoms with Gasteiger partial charge in [0.25, 0.3) is 10.2 Å². The van der Waals surface area contributed by atoms with Crippen molar-refractivity contribution < 1.29 is 16.8 Å². The number of benzene rings is 1. The second kappa shape index (κ2) is 7.36. The molecule has 0 unspecified atom stereocenters. The van der Waals surface area contributed by atoms with Crippen molar-refractivity contribution in [3.8, 4) is 0 Å². The predicted molar refractivity (Wildman–Crippen MR) is 97.1 cm³/mol. The first-order valence-corrected chi connectivity index (χ1v) is 11.2. The van der Waals surface area contributed by atoms with Crippen molar-refractivity contribution in [1.82, 2.24) is 12.9 Å². The van der Waals surface area contributed by atoms with Gasteiger partial charge in [0.1, 0.15) is 4.90 Å². The molecule has 12 heteroatoms. The minimum atomic E-state index is -3.92. The van der Waals surface area contributed by atoms with Crippen molar-refractivity contribution in [2.24, 2.45) is 0 Å². The minimum absolute atomic E-state index is 0.0118. The number of hydrogen-bond donors (Lipinski definition) is 0. The first kappa shape index (κ1) is 20.4. The van der Waals surface area contributed by atoms with Crippen LogP contribution in [0.4, 0.5) is 0 Å². The van der Waals surface area contributed by atoms with Crippen molar-refractivity contribution in [3.63, 3.8) is 0 Å². The van der Waals surface area contributed by atoms with E-state index >= 15 is 0 Å². The fourth-order valence-electron chi connectivity index (χ4n) is 2.28. The first-order valence-electron chi connectivity index (χ1n) is 6.80. The van der Waals surface area contributed by atoms with Crippen molar-refractivity contribution in [3.05, 3.63) is 26.7 Å². The molecular formula is C12H16BrCl2N3O4S2. The molecule has 0 bridgehead atoms. The molecule has 1 aliphatic rings. The molecule has 1 saturated heterocycles. The van der Waals surface area contributed by atoms with Gasteiger partial charge in [-0.05, 0) is 12.1 Å². The number of piperazine rings is 1. The van der Waals surface area contributed by atoms with E-state index in [1.54, 1.807) is 0 Å². The van der Waals surface area contributed by atoms with Gasteiger partial charge in [0, 0.05) is 44.7 Å². The average molecular weight is 481 g/mol. The third-order valence-corrected chi connectivity index (χ3v) is 8.77. The molecule has 0 amide bonds. The summed E-state index contributed by atoms with van der Waals surface area (Å²) in [7, 11) is -4.62. The smallest absolute Gasteiger partial charge is 0.207 e. The Morgan fingerprint density at radius 3 is 1.79 bits per heavy atom. The standard InChI is InChI=1S/C12H16BrCl2N3O4S2/c1-16(2)24(21,22)18-5-3-17(4-6-18)23(19,20)12-10(14)7-9(13)8-11(12)15/h7-8H,3-6H2,1-2H3. The van der Waals surface area contributed by atoms with E-state index in [1.165, 1.54) is 34.8 Å². The number of sulfonamides is 1. The fourth-order valence-corrected chi connectivity index (χ4v) is 6.67. The Hall–Kier alpha value is 0.0600. The van der Waals surface area contributed by atoms with E-state index in [0.717, 1.165) is 4.31 Å². The lowest BCUT2D eigenvalue weighted by Crippen LogP contribution is -2.53. The summed E-state index contributed by atoms with van der Waals surface area (Å²) < 4.78 is 53.9. The van der Waals surface area contributed by atoms with Crippen LogP contribution in [-0.2, 0) is 20.2 Å². The van der Waals surface area contributed by atoms with E-state index in [0.29, 0.717) is 4.47 Å². The van der Waals surface area contributed by atoms with Crippen molar-refractivity contribution >= 4 is 59.4 Å². The predicted octanol–water partition coefficient (Wildman–Crippen LogP) is 1.87. The quantitative estimate of drug-likeness (QED) is 0.658. The molecule has 0 aliphatic carbocycles. The van der Waals surface area contributed by atoms with Gasteiger partial charge in [0.2, 0.25) is 10.0 Å². The Labute approximate surface area is 160 Å². The lowest BCUT2D eigenvalue weighted by Gasteiger charge is -2.34. The molecule has 0 atom stereocenters. The Kier molecular flexibility index (Phi) is 6.24. The van der Waals surface area contributed by atoms with Crippen LogP contribution in [0.2, 0.25) is 10.0 Å². The van der Waals surface area contributed by atoms with E-state index in [-0.39, 0.29) is 41.1 Å². The van der Waals surface area contributed by atoms with E-state index in [4.69, 9.17) is 23.2 Å². The molecule has 1 fully saturated rings. The zero-order valence-electron chi connectivity index (χ0n) is 12.9. The van der Waals surface area contributed by atoms with Crippen LogP contribution < -0.4 is 0 Å². The summed E-state index contributed by atoms with van der Waals surface area (Å²) in [5.41, 5.74) is 0. The normalized spacial score (nSPS) is 18.2. The van der Waals surface area contributed by atoms with Crippen molar-refractivity contribution in [1.29, 1.82) is 0 Å². The third kappa shape index (κ3) is 3.90. The van der Waals surface area contributed by atoms with Gasteiger partial charge >= 0.3 is 0 Å². The molecule has 0 spiro atoms. The molecule has 0 radical (unpaired) electrons. The largest absolute Gasteiger partial charge is 0.281 e. The molecule has 1 aromatic carbocycles. The fraction of sp³-hybridized carbons (Fsp3) is 0.500. The zero-order valence-corrected chi connectivity index (χ0v) is 17.6. The van der Waals surface area contributed by atoms with E-state index < -0.39 is 20.2 Å². The monoisotopic (exact) mass is 479 g/mol. The van der Waals surface area contributed by atoms with Gasteiger partial charge in [0.05, 0.1) is 10.0 Å². The van der Waals surface area contributed by atoms with Crippen LogP contribution in [0.5, 0.6) is 0 Å². The van der Waals surface area contributed by atoms with Crippen LogP contribution in [0.3, 0.4) is 0 Å². The van der Waals surface area contributed by atoms with Crippen molar-refractivity contribution in [2.45, 2.75) is 4.90 Å². The Balaban J connectivity index is 2.26. The molecule has 0 N–H and O–H groups in total. The molecule has 0 aromatic heterocycles. The Morgan fingerprint density at radius 2 is 1.38 bits per heavy atom. The van der Waals surface area contributed by atoms with Crippen molar-refractivity contribution in [2.75, 3.05) is 40.3 Å². The molecule has 0 saturated carbocycles. The zero-order chi connectivity index (χ0) is 18.3. The maximum atomic E-state index is 12.8. The second-order valence-electron chi connectivity index (χ2n) is 5.29. The molecule has 1 aliphatic heterocycles. The summed E-state index contributed by atoms with van der Waals surface area (Å²) in [5.74, 6) is 0. The van der Waals surface area contributed by atoms with E-state index in [1.807, 2.05) is 0 Å². The highest BCUT2D eigenvalue weighted by atomic mass is 79.9. The van der Waals surface area contributed by atoms with Gasteiger partial charge in [0.15, 0.2) is 0 Å². The molecule has 2 rings (SSSR count). The summed E-state index contributed by atoms with van der Waals surface area (Å²) in [6, 6.07) is 2.90. The lowest BCUT2D eigenvalue weighted by molar-refractivity contribution is 0.262. The van der Waals surface area contributed by atoms with Gasteiger partial charge in [-0.2, -0.15) is 21.3 Å². The summed E-state index contributed by atoms with van der Waals surface area (Å²) in [6.45, 7) is 0.174. The number of rotatable bonds is 4. The molecular weight excluding hydrogens is 465 g/mol. The third-order valence-electron chi connectivity index (χ3n) is 3.55. The van der Waals surface area contributed by atoms with Gasteiger partial charge < -0.3 is 0 Å². The molecule has 136 valence electrons. The van der Waals surface area contributed by atoms with Crippen LogP contribution in [0.15, 0.2) is 21.5 Å². The van der Waals surface area contributed by atoms with E-state index in [9.17, 15) is 16.8 Å².